The molecule has 1 aromatic rings. The number of benzene rings is 1. The zero-order chi connectivity index (χ0) is 17.1. The second kappa shape index (κ2) is 7.42. The molecule has 4 atom stereocenters. The van der Waals surface area contributed by atoms with E-state index in [1.807, 2.05) is 0 Å². The quantitative estimate of drug-likeness (QED) is 0.565. The van der Waals surface area contributed by atoms with Gasteiger partial charge in [0.2, 0.25) is 0 Å². The van der Waals surface area contributed by atoms with Crippen LogP contribution in [0.15, 0.2) is 18.2 Å². The second-order valence-electron chi connectivity index (χ2n) is 6.45. The molecule has 2 fully saturated rings. The summed E-state index contributed by atoms with van der Waals surface area (Å²) < 4.78 is 26.0. The van der Waals surface area contributed by atoms with Crippen molar-refractivity contribution in [1.82, 2.24) is 21.5 Å². The van der Waals surface area contributed by atoms with E-state index in [0.29, 0.717) is 12.0 Å². The standard InChI is InChI=1S/C16H22F2N4O2/c17-12-3-1-9(6-13(12)18)15(23)8-19-16(24)21-11-2-4-14-10(5-11)7-20-22-14/h1,3,6,10-11,14-15,20,22-23H,2,4-5,7-8H2,(H2,19,21,24). The SMILES string of the molecule is O=C(NCC(O)c1ccc(F)c(F)c1)NC1CCC2NNCC2C1. The van der Waals surface area contributed by atoms with Gasteiger partial charge in [-0.25, -0.2) is 13.6 Å². The maximum absolute atomic E-state index is 13.2. The third kappa shape index (κ3) is 4.00. The number of rotatable bonds is 4. The van der Waals surface area contributed by atoms with Crippen LogP contribution in [0.3, 0.4) is 0 Å². The Labute approximate surface area is 139 Å². The van der Waals surface area contributed by atoms with Crippen LogP contribution in [0.1, 0.15) is 30.9 Å². The van der Waals surface area contributed by atoms with Gasteiger partial charge in [-0.1, -0.05) is 6.07 Å². The number of carbonyl (C=O) groups is 1. The van der Waals surface area contributed by atoms with Gasteiger partial charge in [0.1, 0.15) is 0 Å². The summed E-state index contributed by atoms with van der Waals surface area (Å²) in [6.07, 6.45) is 1.71. The minimum absolute atomic E-state index is 0.0706. The molecular formula is C16H22F2N4O2. The Morgan fingerprint density at radius 1 is 1.33 bits per heavy atom. The van der Waals surface area contributed by atoms with Gasteiger partial charge in [-0.3, -0.25) is 10.9 Å². The third-order valence-electron chi connectivity index (χ3n) is 4.75. The van der Waals surface area contributed by atoms with Gasteiger partial charge in [0, 0.05) is 25.2 Å². The van der Waals surface area contributed by atoms with Gasteiger partial charge < -0.3 is 15.7 Å². The molecule has 0 spiro atoms. The highest BCUT2D eigenvalue weighted by atomic mass is 19.2. The molecule has 2 amide bonds. The number of aliphatic hydroxyl groups is 1. The van der Waals surface area contributed by atoms with Crippen molar-refractivity contribution in [3.63, 3.8) is 0 Å². The fourth-order valence-electron chi connectivity index (χ4n) is 3.40. The lowest BCUT2D eigenvalue weighted by atomic mass is 9.83. The molecule has 0 aromatic heterocycles. The Hall–Kier alpha value is -1.77. The summed E-state index contributed by atoms with van der Waals surface area (Å²) in [5.41, 5.74) is 6.59. The molecule has 1 aromatic carbocycles. The predicted molar refractivity (Wildman–Crippen MR) is 83.9 cm³/mol. The normalized spacial score (nSPS) is 27.4. The van der Waals surface area contributed by atoms with Gasteiger partial charge in [0.15, 0.2) is 11.6 Å². The van der Waals surface area contributed by atoms with Gasteiger partial charge in [-0.15, -0.1) is 0 Å². The fourth-order valence-corrected chi connectivity index (χ4v) is 3.40. The van der Waals surface area contributed by atoms with Crippen LogP contribution in [0.25, 0.3) is 0 Å². The molecule has 132 valence electrons. The molecule has 1 aliphatic carbocycles. The Kier molecular flexibility index (Phi) is 5.27. The van der Waals surface area contributed by atoms with Gasteiger partial charge in [0.25, 0.3) is 0 Å². The van der Waals surface area contributed by atoms with Gasteiger partial charge >= 0.3 is 6.03 Å². The van der Waals surface area contributed by atoms with Crippen LogP contribution in [0, 0.1) is 17.6 Å². The van der Waals surface area contributed by atoms with Crippen LogP contribution in [-0.4, -0.2) is 36.3 Å². The smallest absolute Gasteiger partial charge is 0.315 e. The number of fused-ring (bicyclic) bond motifs is 1. The summed E-state index contributed by atoms with van der Waals surface area (Å²) in [5, 5.41) is 15.4. The third-order valence-corrected chi connectivity index (χ3v) is 4.75. The van der Waals surface area contributed by atoms with E-state index < -0.39 is 17.7 Å². The summed E-state index contributed by atoms with van der Waals surface area (Å²) in [7, 11) is 0. The van der Waals surface area contributed by atoms with Crippen LogP contribution >= 0.6 is 0 Å². The number of urea groups is 1. The molecule has 1 saturated heterocycles. The van der Waals surface area contributed by atoms with Crippen LogP contribution in [-0.2, 0) is 0 Å². The van der Waals surface area contributed by atoms with Crippen LogP contribution in [0.5, 0.6) is 0 Å². The molecule has 0 radical (unpaired) electrons. The number of hydrogen-bond donors (Lipinski definition) is 5. The average molecular weight is 340 g/mol. The lowest BCUT2D eigenvalue weighted by Gasteiger charge is -2.31. The summed E-state index contributed by atoms with van der Waals surface area (Å²) in [5.74, 6) is -1.48. The molecule has 0 bridgehead atoms. The zero-order valence-corrected chi connectivity index (χ0v) is 13.2. The topological polar surface area (TPSA) is 85.4 Å². The highest BCUT2D eigenvalue weighted by molar-refractivity contribution is 5.74. The number of hydrazine groups is 1. The van der Waals surface area contributed by atoms with E-state index in [0.717, 1.165) is 37.9 Å². The van der Waals surface area contributed by atoms with Gasteiger partial charge in [-0.2, -0.15) is 0 Å². The Bertz CT molecular complexity index is 601. The van der Waals surface area contributed by atoms with Crippen molar-refractivity contribution in [3.8, 4) is 0 Å². The van der Waals surface area contributed by atoms with Crippen molar-refractivity contribution < 1.29 is 18.7 Å². The summed E-state index contributed by atoms with van der Waals surface area (Å²) in [6.45, 7) is 0.831. The fraction of sp³-hybridized carbons (Fsp3) is 0.562. The molecule has 24 heavy (non-hydrogen) atoms. The van der Waals surface area contributed by atoms with E-state index in [1.165, 1.54) is 6.07 Å². The molecule has 6 nitrogen and oxygen atoms in total. The molecule has 4 unspecified atom stereocenters. The molecule has 1 heterocycles. The first-order chi connectivity index (χ1) is 11.5. The molecule has 3 rings (SSSR count). The number of carbonyl (C=O) groups excluding carboxylic acids is 1. The highest BCUT2D eigenvalue weighted by Gasteiger charge is 2.34. The van der Waals surface area contributed by atoms with Crippen molar-refractivity contribution in [3.05, 3.63) is 35.4 Å². The molecule has 5 N–H and O–H groups in total. The minimum Gasteiger partial charge on any atom is -0.387 e. The summed E-state index contributed by atoms with van der Waals surface area (Å²) in [4.78, 5) is 12.0. The monoisotopic (exact) mass is 340 g/mol. The van der Waals surface area contributed by atoms with Crippen molar-refractivity contribution >= 4 is 6.03 Å². The number of hydrogen-bond acceptors (Lipinski definition) is 4. The van der Waals surface area contributed by atoms with Gasteiger partial charge in [0.05, 0.1) is 6.10 Å². The molecule has 1 aliphatic heterocycles. The van der Waals surface area contributed by atoms with Crippen LogP contribution < -0.4 is 21.5 Å². The number of amides is 2. The maximum Gasteiger partial charge on any atom is 0.315 e. The number of nitrogens with one attached hydrogen (secondary N) is 4. The van der Waals surface area contributed by atoms with Crippen LogP contribution in [0.2, 0.25) is 0 Å². The number of aliphatic hydroxyl groups excluding tert-OH is 1. The summed E-state index contributed by atoms with van der Waals surface area (Å²) in [6, 6.07) is 3.40. The van der Waals surface area contributed by atoms with Crippen molar-refractivity contribution in [2.24, 2.45) is 5.92 Å². The van der Waals surface area contributed by atoms with E-state index in [2.05, 4.69) is 21.5 Å². The highest BCUT2D eigenvalue weighted by Crippen LogP contribution is 2.26. The van der Waals surface area contributed by atoms with E-state index in [9.17, 15) is 18.7 Å². The largest absolute Gasteiger partial charge is 0.387 e. The van der Waals surface area contributed by atoms with Crippen molar-refractivity contribution in [2.45, 2.75) is 37.5 Å². The summed E-state index contributed by atoms with van der Waals surface area (Å²) >= 11 is 0. The number of halogens is 2. The first-order valence-electron chi connectivity index (χ1n) is 8.18. The minimum atomic E-state index is -1.09. The Balaban J connectivity index is 1.44. The molecule has 8 heteroatoms. The first kappa shape index (κ1) is 17.1. The Morgan fingerprint density at radius 3 is 2.96 bits per heavy atom. The maximum atomic E-state index is 13.2. The van der Waals surface area contributed by atoms with E-state index in [4.69, 9.17) is 0 Å². The average Bonchev–Trinajstić information content (AvgIpc) is 3.03. The van der Waals surface area contributed by atoms with Crippen LogP contribution in [0.4, 0.5) is 13.6 Å². The zero-order valence-electron chi connectivity index (χ0n) is 13.2. The molecule has 1 saturated carbocycles. The Morgan fingerprint density at radius 2 is 2.17 bits per heavy atom. The van der Waals surface area contributed by atoms with Crippen molar-refractivity contribution in [1.29, 1.82) is 0 Å². The second-order valence-corrected chi connectivity index (χ2v) is 6.45. The van der Waals surface area contributed by atoms with E-state index in [1.54, 1.807) is 0 Å². The van der Waals surface area contributed by atoms with E-state index >= 15 is 0 Å². The van der Waals surface area contributed by atoms with Gasteiger partial charge in [-0.05, 0) is 42.9 Å². The van der Waals surface area contributed by atoms with Crippen molar-refractivity contribution in [2.75, 3.05) is 13.1 Å². The molecule has 2 aliphatic rings. The molecular weight excluding hydrogens is 318 g/mol. The van der Waals surface area contributed by atoms with E-state index in [-0.39, 0.29) is 24.2 Å². The first-order valence-corrected chi connectivity index (χ1v) is 8.18. The lowest BCUT2D eigenvalue weighted by molar-refractivity contribution is 0.170. The lowest BCUT2D eigenvalue weighted by Crippen LogP contribution is -2.48. The predicted octanol–water partition coefficient (Wildman–Crippen LogP) is 0.942.